The molecule has 0 saturated heterocycles. The molecule has 1 aromatic carbocycles. The molecule has 3 rings (SSSR count). The SMILES string of the molecule is Cc1ccc(NC(=O)C(C)n2cnc3sc(C)cc3c2=O)c(C)c1. The van der Waals surface area contributed by atoms with E-state index in [0.717, 1.165) is 21.7 Å². The molecular formula is C18H19N3O2S. The number of aromatic nitrogens is 2. The molecule has 0 aliphatic rings. The van der Waals surface area contributed by atoms with Crippen molar-refractivity contribution in [3.8, 4) is 0 Å². The lowest BCUT2D eigenvalue weighted by molar-refractivity contribution is -0.118. The van der Waals surface area contributed by atoms with Crippen molar-refractivity contribution >= 4 is 33.1 Å². The highest BCUT2D eigenvalue weighted by molar-refractivity contribution is 7.18. The Morgan fingerprint density at radius 1 is 1.25 bits per heavy atom. The molecule has 124 valence electrons. The number of anilines is 1. The lowest BCUT2D eigenvalue weighted by Gasteiger charge is -2.16. The van der Waals surface area contributed by atoms with Gasteiger partial charge in [-0.25, -0.2) is 4.98 Å². The quantitative estimate of drug-likeness (QED) is 0.792. The fourth-order valence-corrected chi connectivity index (χ4v) is 3.49. The number of benzene rings is 1. The van der Waals surface area contributed by atoms with E-state index in [1.807, 2.05) is 45.0 Å². The van der Waals surface area contributed by atoms with Gasteiger partial charge in [-0.15, -0.1) is 11.3 Å². The Labute approximate surface area is 144 Å². The second-order valence-electron chi connectivity index (χ2n) is 6.02. The zero-order valence-electron chi connectivity index (χ0n) is 14.1. The Bertz CT molecular complexity index is 988. The molecule has 1 atom stereocenters. The highest BCUT2D eigenvalue weighted by Crippen LogP contribution is 2.21. The number of rotatable bonds is 3. The van der Waals surface area contributed by atoms with Gasteiger partial charge in [0.05, 0.1) is 11.7 Å². The maximum atomic E-state index is 12.6. The minimum Gasteiger partial charge on any atom is -0.324 e. The van der Waals surface area contributed by atoms with Crippen LogP contribution in [0.15, 0.2) is 35.4 Å². The molecule has 0 spiro atoms. The molecule has 1 N–H and O–H groups in total. The minimum atomic E-state index is -0.643. The Kier molecular flexibility index (Phi) is 4.24. The van der Waals surface area contributed by atoms with E-state index < -0.39 is 6.04 Å². The second kappa shape index (κ2) is 6.20. The van der Waals surface area contributed by atoms with E-state index in [4.69, 9.17) is 0 Å². The average molecular weight is 341 g/mol. The Balaban J connectivity index is 1.90. The van der Waals surface area contributed by atoms with Gasteiger partial charge >= 0.3 is 0 Å². The predicted molar refractivity (Wildman–Crippen MR) is 97.9 cm³/mol. The molecule has 1 unspecified atom stereocenters. The number of fused-ring (bicyclic) bond motifs is 1. The number of amides is 1. The third-order valence-electron chi connectivity index (χ3n) is 4.04. The van der Waals surface area contributed by atoms with Crippen molar-refractivity contribution in [2.24, 2.45) is 0 Å². The molecule has 0 aliphatic heterocycles. The van der Waals surface area contributed by atoms with Crippen LogP contribution < -0.4 is 10.9 Å². The van der Waals surface area contributed by atoms with E-state index in [-0.39, 0.29) is 11.5 Å². The van der Waals surface area contributed by atoms with E-state index in [1.54, 1.807) is 6.92 Å². The highest BCUT2D eigenvalue weighted by Gasteiger charge is 2.19. The van der Waals surface area contributed by atoms with Crippen molar-refractivity contribution in [1.82, 2.24) is 9.55 Å². The van der Waals surface area contributed by atoms with Crippen molar-refractivity contribution in [3.63, 3.8) is 0 Å². The maximum Gasteiger partial charge on any atom is 0.262 e. The Morgan fingerprint density at radius 2 is 2.00 bits per heavy atom. The van der Waals surface area contributed by atoms with Crippen molar-refractivity contribution in [1.29, 1.82) is 0 Å². The van der Waals surface area contributed by atoms with E-state index in [2.05, 4.69) is 10.3 Å². The Hall–Kier alpha value is -2.47. The molecule has 1 amide bonds. The fraction of sp³-hybridized carbons (Fsp3) is 0.278. The number of aryl methyl sites for hydroxylation is 3. The molecule has 24 heavy (non-hydrogen) atoms. The Morgan fingerprint density at radius 3 is 2.71 bits per heavy atom. The molecule has 0 saturated carbocycles. The average Bonchev–Trinajstić information content (AvgIpc) is 2.91. The smallest absolute Gasteiger partial charge is 0.262 e. The summed E-state index contributed by atoms with van der Waals surface area (Å²) >= 11 is 1.48. The number of carbonyl (C=O) groups excluding carboxylic acids is 1. The topological polar surface area (TPSA) is 64.0 Å². The van der Waals surface area contributed by atoms with Crippen molar-refractivity contribution in [2.45, 2.75) is 33.7 Å². The number of carbonyl (C=O) groups is 1. The van der Waals surface area contributed by atoms with Crippen LogP contribution in [0.5, 0.6) is 0 Å². The number of hydrogen-bond acceptors (Lipinski definition) is 4. The standard InChI is InChI=1S/C18H19N3O2S/c1-10-5-6-15(11(2)7-10)20-16(22)13(4)21-9-19-17-14(18(21)23)8-12(3)24-17/h5-9,13H,1-4H3,(H,20,22). The normalized spacial score (nSPS) is 12.3. The lowest BCUT2D eigenvalue weighted by Crippen LogP contribution is -2.31. The summed E-state index contributed by atoms with van der Waals surface area (Å²) in [7, 11) is 0. The molecule has 3 aromatic rings. The highest BCUT2D eigenvalue weighted by atomic mass is 32.1. The summed E-state index contributed by atoms with van der Waals surface area (Å²) in [5, 5.41) is 3.45. The summed E-state index contributed by atoms with van der Waals surface area (Å²) in [4.78, 5) is 31.2. The van der Waals surface area contributed by atoms with Crippen LogP contribution in [-0.4, -0.2) is 15.5 Å². The van der Waals surface area contributed by atoms with Crippen LogP contribution in [0, 0.1) is 20.8 Å². The van der Waals surface area contributed by atoms with Crippen LogP contribution >= 0.6 is 11.3 Å². The summed E-state index contributed by atoms with van der Waals surface area (Å²) in [6, 6.07) is 7.01. The van der Waals surface area contributed by atoms with Crippen molar-refractivity contribution < 1.29 is 4.79 Å². The monoisotopic (exact) mass is 341 g/mol. The van der Waals surface area contributed by atoms with E-state index in [9.17, 15) is 9.59 Å². The first-order valence-corrected chi connectivity index (χ1v) is 8.54. The van der Waals surface area contributed by atoms with Crippen LogP contribution in [0.4, 0.5) is 5.69 Å². The molecular weight excluding hydrogens is 322 g/mol. The summed E-state index contributed by atoms with van der Waals surface area (Å²) < 4.78 is 1.38. The van der Waals surface area contributed by atoms with Gasteiger partial charge in [-0.2, -0.15) is 0 Å². The zero-order chi connectivity index (χ0) is 17.4. The summed E-state index contributed by atoms with van der Waals surface area (Å²) in [6.07, 6.45) is 1.45. The van der Waals surface area contributed by atoms with E-state index in [1.165, 1.54) is 22.2 Å². The molecule has 5 nitrogen and oxygen atoms in total. The first-order valence-electron chi connectivity index (χ1n) is 7.72. The molecule has 6 heteroatoms. The van der Waals surface area contributed by atoms with Gasteiger partial charge in [0.25, 0.3) is 5.56 Å². The lowest BCUT2D eigenvalue weighted by atomic mass is 10.1. The van der Waals surface area contributed by atoms with E-state index in [0.29, 0.717) is 10.2 Å². The molecule has 0 fully saturated rings. The summed E-state index contributed by atoms with van der Waals surface area (Å²) in [6.45, 7) is 7.59. The number of hydrogen-bond donors (Lipinski definition) is 1. The minimum absolute atomic E-state index is 0.187. The molecule has 0 aliphatic carbocycles. The fourth-order valence-electron chi connectivity index (χ4n) is 2.65. The summed E-state index contributed by atoms with van der Waals surface area (Å²) in [5.74, 6) is -0.239. The summed E-state index contributed by atoms with van der Waals surface area (Å²) in [5.41, 5.74) is 2.70. The van der Waals surface area contributed by atoms with Gasteiger partial charge in [-0.05, 0) is 45.4 Å². The maximum absolute atomic E-state index is 12.6. The van der Waals surface area contributed by atoms with Gasteiger partial charge in [0, 0.05) is 10.6 Å². The molecule has 2 heterocycles. The largest absolute Gasteiger partial charge is 0.324 e. The van der Waals surface area contributed by atoms with Crippen LogP contribution in [-0.2, 0) is 4.79 Å². The van der Waals surface area contributed by atoms with Crippen LogP contribution in [0.3, 0.4) is 0 Å². The molecule has 0 radical (unpaired) electrons. The second-order valence-corrected chi connectivity index (χ2v) is 7.25. The molecule has 0 bridgehead atoms. The van der Waals surface area contributed by atoms with Crippen molar-refractivity contribution in [2.75, 3.05) is 5.32 Å². The van der Waals surface area contributed by atoms with Crippen LogP contribution in [0.2, 0.25) is 0 Å². The third-order valence-corrected chi connectivity index (χ3v) is 4.99. The number of thiophene rings is 1. The van der Waals surface area contributed by atoms with Gasteiger partial charge in [-0.1, -0.05) is 17.7 Å². The van der Waals surface area contributed by atoms with Gasteiger partial charge in [0.15, 0.2) is 0 Å². The van der Waals surface area contributed by atoms with Gasteiger partial charge in [-0.3, -0.25) is 14.2 Å². The predicted octanol–water partition coefficient (Wildman–Crippen LogP) is 3.58. The first kappa shape index (κ1) is 16.4. The van der Waals surface area contributed by atoms with Gasteiger partial charge < -0.3 is 5.32 Å². The molecule has 2 aromatic heterocycles. The first-order chi connectivity index (χ1) is 11.4. The number of nitrogens with zero attached hydrogens (tertiary/aromatic N) is 2. The number of nitrogens with one attached hydrogen (secondary N) is 1. The van der Waals surface area contributed by atoms with Crippen LogP contribution in [0.1, 0.15) is 29.0 Å². The zero-order valence-corrected chi connectivity index (χ0v) is 14.9. The van der Waals surface area contributed by atoms with E-state index >= 15 is 0 Å². The van der Waals surface area contributed by atoms with Gasteiger partial charge in [0.2, 0.25) is 5.91 Å². The van der Waals surface area contributed by atoms with Crippen LogP contribution in [0.25, 0.3) is 10.2 Å². The third kappa shape index (κ3) is 2.97. The van der Waals surface area contributed by atoms with Crippen molar-refractivity contribution in [3.05, 3.63) is 57.0 Å². The van der Waals surface area contributed by atoms with Gasteiger partial charge in [0.1, 0.15) is 10.9 Å².